The minimum Gasteiger partial charge on any atom is -0.343 e. The first-order chi connectivity index (χ1) is 17.7. The second-order valence-electron chi connectivity index (χ2n) is 9.31. The number of hydrogen-bond donors (Lipinski definition) is 4. The summed E-state index contributed by atoms with van der Waals surface area (Å²) in [5.74, 6) is -0.759. The maximum Gasteiger partial charge on any atom is 0.245 e. The SMILES string of the molecule is NC(N)c1ccc(C[C@@H](NC(=O)CNS(=O)(=O)c2ccc3ccccc3c2)C(=O)N2CCCCC2)cc1. The van der Waals surface area contributed by atoms with Gasteiger partial charge >= 0.3 is 0 Å². The summed E-state index contributed by atoms with van der Waals surface area (Å²) in [5, 5.41) is 4.44. The second-order valence-corrected chi connectivity index (χ2v) is 11.1. The molecule has 3 aromatic carbocycles. The number of sulfonamides is 1. The molecule has 10 heteroatoms. The zero-order valence-electron chi connectivity index (χ0n) is 20.6. The van der Waals surface area contributed by atoms with E-state index in [1.807, 2.05) is 36.4 Å². The predicted molar refractivity (Wildman–Crippen MR) is 143 cm³/mol. The molecule has 1 aliphatic rings. The number of nitrogens with one attached hydrogen (secondary N) is 2. The van der Waals surface area contributed by atoms with Gasteiger partial charge in [0.15, 0.2) is 0 Å². The lowest BCUT2D eigenvalue weighted by molar-refractivity contribution is -0.137. The van der Waals surface area contributed by atoms with Gasteiger partial charge in [-0.05, 0) is 53.3 Å². The van der Waals surface area contributed by atoms with E-state index >= 15 is 0 Å². The summed E-state index contributed by atoms with van der Waals surface area (Å²) >= 11 is 0. The highest BCUT2D eigenvalue weighted by atomic mass is 32.2. The van der Waals surface area contributed by atoms with Gasteiger partial charge in [0, 0.05) is 19.5 Å². The molecule has 0 radical (unpaired) electrons. The quantitative estimate of drug-likeness (QED) is 0.314. The van der Waals surface area contributed by atoms with Crippen LogP contribution in [0.1, 0.15) is 36.6 Å². The van der Waals surface area contributed by atoms with Crippen molar-refractivity contribution in [3.8, 4) is 0 Å². The van der Waals surface area contributed by atoms with Crippen molar-refractivity contribution >= 4 is 32.6 Å². The van der Waals surface area contributed by atoms with Crippen molar-refractivity contribution in [2.45, 2.75) is 42.8 Å². The molecule has 1 heterocycles. The Labute approximate surface area is 217 Å². The lowest BCUT2D eigenvalue weighted by Gasteiger charge is -2.31. The molecule has 0 aromatic heterocycles. The summed E-state index contributed by atoms with van der Waals surface area (Å²) in [5.41, 5.74) is 13.0. The first kappa shape index (κ1) is 26.7. The minimum absolute atomic E-state index is 0.0677. The summed E-state index contributed by atoms with van der Waals surface area (Å²) in [4.78, 5) is 27.9. The zero-order chi connectivity index (χ0) is 26.4. The van der Waals surface area contributed by atoms with Gasteiger partial charge < -0.3 is 21.7 Å². The third kappa shape index (κ3) is 6.92. The molecule has 0 spiro atoms. The average molecular weight is 524 g/mol. The summed E-state index contributed by atoms with van der Waals surface area (Å²) < 4.78 is 28.0. The van der Waals surface area contributed by atoms with Crippen LogP contribution >= 0.6 is 0 Å². The van der Waals surface area contributed by atoms with Crippen molar-refractivity contribution in [3.63, 3.8) is 0 Å². The highest BCUT2D eigenvalue weighted by molar-refractivity contribution is 7.89. The molecule has 4 rings (SSSR count). The van der Waals surface area contributed by atoms with Crippen LogP contribution in [0.25, 0.3) is 10.8 Å². The fourth-order valence-corrected chi connectivity index (χ4v) is 5.49. The maximum atomic E-state index is 13.3. The average Bonchev–Trinajstić information content (AvgIpc) is 2.91. The van der Waals surface area contributed by atoms with Crippen LogP contribution in [0.5, 0.6) is 0 Å². The van der Waals surface area contributed by atoms with Gasteiger partial charge in [-0.1, -0.05) is 54.6 Å². The highest BCUT2D eigenvalue weighted by Gasteiger charge is 2.28. The van der Waals surface area contributed by atoms with E-state index in [0.29, 0.717) is 13.1 Å². The van der Waals surface area contributed by atoms with Crippen LogP contribution in [0, 0.1) is 0 Å². The van der Waals surface area contributed by atoms with Crippen molar-refractivity contribution in [1.82, 2.24) is 14.9 Å². The molecule has 1 aliphatic heterocycles. The number of fused-ring (bicyclic) bond motifs is 1. The lowest BCUT2D eigenvalue weighted by atomic mass is 10.0. The van der Waals surface area contributed by atoms with Gasteiger partial charge in [-0.25, -0.2) is 13.1 Å². The van der Waals surface area contributed by atoms with E-state index in [-0.39, 0.29) is 17.2 Å². The third-order valence-corrected chi connectivity index (χ3v) is 7.96. The van der Waals surface area contributed by atoms with E-state index in [1.165, 1.54) is 6.07 Å². The van der Waals surface area contributed by atoms with Crippen LogP contribution in [0.3, 0.4) is 0 Å². The molecule has 1 saturated heterocycles. The molecule has 3 aromatic rings. The summed E-state index contributed by atoms with van der Waals surface area (Å²) in [6, 6.07) is 18.6. The van der Waals surface area contributed by atoms with Gasteiger partial charge in [-0.15, -0.1) is 0 Å². The predicted octanol–water partition coefficient (Wildman–Crippen LogP) is 1.77. The van der Waals surface area contributed by atoms with Gasteiger partial charge in [0.2, 0.25) is 21.8 Å². The number of piperidine rings is 1. The largest absolute Gasteiger partial charge is 0.343 e. The number of carbonyl (C=O) groups excluding carboxylic acids is 2. The first-order valence-corrected chi connectivity index (χ1v) is 13.9. The molecule has 0 bridgehead atoms. The molecule has 6 N–H and O–H groups in total. The Balaban J connectivity index is 1.44. The molecule has 196 valence electrons. The number of rotatable bonds is 9. The number of hydrogen-bond acceptors (Lipinski definition) is 6. The van der Waals surface area contributed by atoms with Crippen molar-refractivity contribution in [2.75, 3.05) is 19.6 Å². The molecule has 0 saturated carbocycles. The smallest absolute Gasteiger partial charge is 0.245 e. The number of likely N-dealkylation sites (tertiary alicyclic amines) is 1. The second kappa shape index (κ2) is 11.8. The maximum absolute atomic E-state index is 13.3. The highest BCUT2D eigenvalue weighted by Crippen LogP contribution is 2.19. The van der Waals surface area contributed by atoms with Crippen LogP contribution in [-0.4, -0.2) is 50.8 Å². The number of benzene rings is 3. The molecule has 1 atom stereocenters. The van der Waals surface area contributed by atoms with Gasteiger partial charge in [0.25, 0.3) is 0 Å². The number of nitrogens with two attached hydrogens (primary N) is 2. The Bertz CT molecular complexity index is 1350. The Morgan fingerprint density at radius 1 is 0.892 bits per heavy atom. The third-order valence-electron chi connectivity index (χ3n) is 6.56. The van der Waals surface area contributed by atoms with Crippen molar-refractivity contribution in [1.29, 1.82) is 0 Å². The van der Waals surface area contributed by atoms with Crippen molar-refractivity contribution < 1.29 is 18.0 Å². The fraction of sp³-hybridized carbons (Fsp3) is 0.333. The van der Waals surface area contributed by atoms with Crippen molar-refractivity contribution in [2.24, 2.45) is 11.5 Å². The van der Waals surface area contributed by atoms with E-state index in [0.717, 1.165) is 41.2 Å². The molecule has 2 amide bonds. The number of nitrogens with zero attached hydrogens (tertiary/aromatic N) is 1. The van der Waals surface area contributed by atoms with Crippen LogP contribution in [0.2, 0.25) is 0 Å². The zero-order valence-corrected chi connectivity index (χ0v) is 21.4. The molecule has 9 nitrogen and oxygen atoms in total. The van der Waals surface area contributed by atoms with Crippen LogP contribution in [-0.2, 0) is 26.0 Å². The number of amides is 2. The minimum atomic E-state index is -3.93. The monoisotopic (exact) mass is 523 g/mol. The standard InChI is InChI=1S/C27H33N5O4S/c28-26(29)21-10-8-19(9-11-21)16-24(27(34)32-14-4-1-5-15-32)31-25(33)18-30-37(35,36)23-13-12-20-6-2-3-7-22(20)17-23/h2-3,6-13,17,24,26,30H,1,4-5,14-16,18,28-29H2,(H,31,33)/t24-/m1/s1. The molecule has 37 heavy (non-hydrogen) atoms. The Morgan fingerprint density at radius 2 is 1.57 bits per heavy atom. The molecular formula is C27H33N5O4S. The summed E-state index contributed by atoms with van der Waals surface area (Å²) in [6.45, 7) is 0.793. The van der Waals surface area contributed by atoms with E-state index < -0.39 is 34.7 Å². The van der Waals surface area contributed by atoms with E-state index in [2.05, 4.69) is 10.0 Å². The Hall–Kier alpha value is -3.31. The molecule has 0 unspecified atom stereocenters. The Kier molecular flexibility index (Phi) is 8.55. The Morgan fingerprint density at radius 3 is 2.24 bits per heavy atom. The van der Waals surface area contributed by atoms with Gasteiger partial charge in [0.1, 0.15) is 6.04 Å². The first-order valence-electron chi connectivity index (χ1n) is 12.4. The molecular weight excluding hydrogens is 490 g/mol. The van der Waals surface area contributed by atoms with E-state index in [4.69, 9.17) is 11.5 Å². The van der Waals surface area contributed by atoms with Crippen LogP contribution in [0.4, 0.5) is 0 Å². The van der Waals surface area contributed by atoms with E-state index in [1.54, 1.807) is 29.2 Å². The summed E-state index contributed by atoms with van der Waals surface area (Å²) in [6.07, 6.45) is 2.56. The van der Waals surface area contributed by atoms with Gasteiger partial charge in [0.05, 0.1) is 17.6 Å². The number of carbonyl (C=O) groups is 2. The lowest BCUT2D eigenvalue weighted by Crippen LogP contribution is -2.52. The summed E-state index contributed by atoms with van der Waals surface area (Å²) in [7, 11) is -3.93. The topological polar surface area (TPSA) is 148 Å². The molecule has 1 fully saturated rings. The van der Waals surface area contributed by atoms with Crippen molar-refractivity contribution in [3.05, 3.63) is 77.9 Å². The van der Waals surface area contributed by atoms with E-state index in [9.17, 15) is 18.0 Å². The van der Waals surface area contributed by atoms with Crippen LogP contribution in [0.15, 0.2) is 71.6 Å². The normalized spacial score (nSPS) is 15.1. The van der Waals surface area contributed by atoms with Gasteiger partial charge in [-0.3, -0.25) is 9.59 Å². The molecule has 0 aliphatic carbocycles. The van der Waals surface area contributed by atoms with Gasteiger partial charge in [-0.2, -0.15) is 0 Å². The van der Waals surface area contributed by atoms with Crippen LogP contribution < -0.4 is 21.5 Å². The fourth-order valence-electron chi connectivity index (χ4n) is 4.47.